The van der Waals surface area contributed by atoms with Crippen LogP contribution in [0.25, 0.3) is 0 Å². The van der Waals surface area contributed by atoms with Crippen LogP contribution in [0, 0.1) is 5.92 Å². The minimum absolute atomic E-state index is 0.529. The molecule has 0 saturated carbocycles. The first-order chi connectivity index (χ1) is 5.67. The maximum Gasteiger partial charge on any atom is 0.441 e. The van der Waals surface area contributed by atoms with Gasteiger partial charge >= 0.3 is 11.7 Å². The Morgan fingerprint density at radius 1 is 1.15 bits per heavy atom. The lowest BCUT2D eigenvalue weighted by molar-refractivity contribution is -0.169. The van der Waals surface area contributed by atoms with Crippen LogP contribution < -0.4 is 0 Å². The van der Waals surface area contributed by atoms with Gasteiger partial charge in [-0.2, -0.15) is 26.3 Å². The summed E-state index contributed by atoms with van der Waals surface area (Å²) >= 11 is -0.858. The summed E-state index contributed by atoms with van der Waals surface area (Å²) in [5.74, 6) is -3.88. The molecule has 0 aliphatic heterocycles. The fourth-order valence-corrected chi connectivity index (χ4v) is 1.03. The van der Waals surface area contributed by atoms with Crippen molar-refractivity contribution in [1.82, 2.24) is 0 Å². The van der Waals surface area contributed by atoms with Crippen LogP contribution in [-0.4, -0.2) is 23.7 Å². The van der Waals surface area contributed by atoms with Gasteiger partial charge in [-0.1, -0.05) is 0 Å². The molecule has 0 rings (SSSR count). The highest BCUT2D eigenvalue weighted by molar-refractivity contribution is 8.00. The molecule has 0 radical (unpaired) electrons. The minimum atomic E-state index is -4.90. The molecule has 0 aromatic carbocycles. The van der Waals surface area contributed by atoms with E-state index in [2.05, 4.69) is 0 Å². The summed E-state index contributed by atoms with van der Waals surface area (Å²) in [6.45, 7) is 0. The van der Waals surface area contributed by atoms with Gasteiger partial charge in [-0.15, -0.1) is 0 Å². The second-order valence-electron chi connectivity index (χ2n) is 2.04. The fraction of sp³-hybridized carbons (Fsp3) is 0.800. The Kier molecular flexibility index (Phi) is 4.08. The normalized spacial score (nSPS) is 15.5. The molecule has 0 amide bonds. The molecule has 13 heavy (non-hydrogen) atoms. The molecule has 0 N–H and O–H groups in total. The van der Waals surface area contributed by atoms with E-state index in [1.54, 1.807) is 0 Å². The van der Waals surface area contributed by atoms with Gasteiger partial charge in [0, 0.05) is 5.75 Å². The van der Waals surface area contributed by atoms with E-state index in [4.69, 9.17) is 0 Å². The van der Waals surface area contributed by atoms with E-state index in [0.29, 0.717) is 0 Å². The number of rotatable bonds is 3. The molecule has 78 valence electrons. The summed E-state index contributed by atoms with van der Waals surface area (Å²) in [4.78, 5) is 9.77. The molecule has 0 bridgehead atoms. The van der Waals surface area contributed by atoms with Crippen molar-refractivity contribution in [3.05, 3.63) is 0 Å². The predicted molar refractivity (Wildman–Crippen MR) is 34.1 cm³/mol. The van der Waals surface area contributed by atoms with Crippen molar-refractivity contribution in [3.63, 3.8) is 0 Å². The van der Waals surface area contributed by atoms with Crippen molar-refractivity contribution in [2.45, 2.75) is 11.7 Å². The molecule has 1 unspecified atom stereocenters. The van der Waals surface area contributed by atoms with E-state index in [-0.39, 0.29) is 0 Å². The van der Waals surface area contributed by atoms with Crippen LogP contribution in [0.2, 0.25) is 0 Å². The first kappa shape index (κ1) is 12.6. The monoisotopic (exact) mass is 226 g/mol. The molecule has 0 aromatic heterocycles. The van der Waals surface area contributed by atoms with E-state index in [9.17, 15) is 31.1 Å². The van der Waals surface area contributed by atoms with E-state index in [1.165, 1.54) is 0 Å². The molecule has 0 aliphatic rings. The Morgan fingerprint density at radius 3 is 1.85 bits per heavy atom. The van der Waals surface area contributed by atoms with Crippen molar-refractivity contribution < 1.29 is 31.1 Å². The van der Waals surface area contributed by atoms with Crippen LogP contribution in [-0.2, 0) is 4.79 Å². The number of thioether (sulfide) groups is 1. The zero-order valence-corrected chi connectivity index (χ0v) is 6.76. The maximum atomic E-state index is 11.7. The molecular weight excluding hydrogens is 222 g/mol. The smallest absolute Gasteiger partial charge is 0.303 e. The topological polar surface area (TPSA) is 17.1 Å². The van der Waals surface area contributed by atoms with Gasteiger partial charge < -0.3 is 4.79 Å². The van der Waals surface area contributed by atoms with Crippen molar-refractivity contribution in [2.75, 3.05) is 5.75 Å². The zero-order valence-electron chi connectivity index (χ0n) is 5.95. The lowest BCUT2D eigenvalue weighted by Gasteiger charge is -2.14. The Balaban J connectivity index is 4.09. The number of carbonyl (C=O) groups is 1. The number of hydrogen-bond donors (Lipinski definition) is 0. The van der Waals surface area contributed by atoms with E-state index in [0.717, 1.165) is 0 Å². The average molecular weight is 226 g/mol. The summed E-state index contributed by atoms with van der Waals surface area (Å²) in [5.41, 5.74) is -4.74. The average Bonchev–Trinajstić information content (AvgIpc) is 1.82. The van der Waals surface area contributed by atoms with Crippen LogP contribution in [0.4, 0.5) is 26.3 Å². The van der Waals surface area contributed by atoms with Crippen molar-refractivity contribution >= 4 is 18.0 Å². The summed E-state index contributed by atoms with van der Waals surface area (Å²) < 4.78 is 69.3. The van der Waals surface area contributed by atoms with Crippen LogP contribution in [0.3, 0.4) is 0 Å². The molecule has 0 heterocycles. The molecule has 0 saturated heterocycles. The molecular formula is C5H4F6OS. The Hall–Kier alpha value is -0.400. The summed E-state index contributed by atoms with van der Waals surface area (Å²) in [5, 5.41) is 0. The van der Waals surface area contributed by atoms with Gasteiger partial charge in [-0.05, 0) is 11.8 Å². The first-order valence-electron chi connectivity index (χ1n) is 2.89. The second-order valence-corrected chi connectivity index (χ2v) is 3.13. The fourth-order valence-electron chi connectivity index (χ4n) is 0.395. The Labute approximate surface area is 73.5 Å². The Morgan fingerprint density at radius 2 is 1.62 bits per heavy atom. The van der Waals surface area contributed by atoms with Crippen molar-refractivity contribution in [3.8, 4) is 0 Å². The maximum absolute atomic E-state index is 11.7. The molecule has 8 heteroatoms. The van der Waals surface area contributed by atoms with Crippen LogP contribution in [0.1, 0.15) is 0 Å². The van der Waals surface area contributed by atoms with E-state index >= 15 is 0 Å². The SMILES string of the molecule is O=CC(CSC(F)(F)F)C(F)(F)F. The molecule has 0 aromatic rings. The highest BCUT2D eigenvalue weighted by Gasteiger charge is 2.42. The summed E-state index contributed by atoms with van der Waals surface area (Å²) in [7, 11) is 0. The number of hydrogen-bond acceptors (Lipinski definition) is 2. The van der Waals surface area contributed by atoms with Gasteiger partial charge in [0.25, 0.3) is 0 Å². The van der Waals surface area contributed by atoms with E-state index in [1.807, 2.05) is 0 Å². The molecule has 0 spiro atoms. The van der Waals surface area contributed by atoms with Gasteiger partial charge in [0.1, 0.15) is 12.2 Å². The largest absolute Gasteiger partial charge is 0.441 e. The predicted octanol–water partition coefficient (Wildman–Crippen LogP) is 2.62. The third-order valence-electron chi connectivity index (χ3n) is 1.01. The first-order valence-corrected chi connectivity index (χ1v) is 3.88. The second kappa shape index (κ2) is 4.21. The molecule has 0 aliphatic carbocycles. The number of halogens is 6. The summed E-state index contributed by atoms with van der Waals surface area (Å²) in [6, 6.07) is 0. The standard InChI is InChI=1S/C5H4F6OS/c6-4(7,8)3(1-12)2-13-5(9,10)11/h1,3H,2H2. The lowest BCUT2D eigenvalue weighted by Crippen LogP contribution is -2.27. The summed E-state index contributed by atoms with van der Waals surface area (Å²) in [6.07, 6.45) is -5.43. The van der Waals surface area contributed by atoms with Crippen LogP contribution in [0.5, 0.6) is 0 Å². The van der Waals surface area contributed by atoms with Crippen LogP contribution >= 0.6 is 11.8 Å². The lowest BCUT2D eigenvalue weighted by atomic mass is 10.2. The number of aldehydes is 1. The molecule has 1 nitrogen and oxygen atoms in total. The van der Waals surface area contributed by atoms with Gasteiger partial charge in [-0.3, -0.25) is 0 Å². The van der Waals surface area contributed by atoms with Gasteiger partial charge in [0.15, 0.2) is 0 Å². The third kappa shape index (κ3) is 5.78. The third-order valence-corrected chi connectivity index (χ3v) is 1.86. The van der Waals surface area contributed by atoms with E-state index < -0.39 is 41.4 Å². The van der Waals surface area contributed by atoms with Gasteiger partial charge in [-0.25, -0.2) is 0 Å². The van der Waals surface area contributed by atoms with Crippen LogP contribution in [0.15, 0.2) is 0 Å². The quantitative estimate of drug-likeness (QED) is 0.543. The van der Waals surface area contributed by atoms with Gasteiger partial charge in [0.2, 0.25) is 0 Å². The Bertz CT molecular complexity index is 173. The molecule has 1 atom stereocenters. The minimum Gasteiger partial charge on any atom is -0.303 e. The zero-order chi connectivity index (χ0) is 10.7. The highest BCUT2D eigenvalue weighted by atomic mass is 32.2. The highest BCUT2D eigenvalue weighted by Crippen LogP contribution is 2.35. The van der Waals surface area contributed by atoms with Crippen molar-refractivity contribution in [1.29, 1.82) is 0 Å². The van der Waals surface area contributed by atoms with Crippen molar-refractivity contribution in [2.24, 2.45) is 5.92 Å². The number of alkyl halides is 6. The van der Waals surface area contributed by atoms with Gasteiger partial charge in [0.05, 0.1) is 0 Å². The molecule has 0 fully saturated rings. The number of carbonyl (C=O) groups excluding carboxylic acids is 1.